The molecule has 1 radical (unpaired) electrons. The second-order valence-corrected chi connectivity index (χ2v) is 5.10. The standard InChI is InChI=1S/C16H33.3CH3.Ag.BrH/c1-3-5-7-9-11-13-15-16-14-12-10-8-6-4-2;;;;;/h1,3-16H2,2H3;3*1H3;;1H/q4*-1;;. The third kappa shape index (κ3) is 38.8. The van der Waals surface area contributed by atoms with Gasteiger partial charge in [-0.15, -0.1) is 17.0 Å². The molecular weight excluding hydrogens is 416 g/mol. The largest absolute Gasteiger partial charge is 0.358 e. The van der Waals surface area contributed by atoms with E-state index in [1.807, 2.05) is 0 Å². The van der Waals surface area contributed by atoms with Crippen LogP contribution in [0.2, 0.25) is 0 Å². The Balaban J connectivity index is -0.000000112. The van der Waals surface area contributed by atoms with Crippen LogP contribution in [0.1, 0.15) is 96.8 Å². The first-order valence-electron chi connectivity index (χ1n) is 7.71. The van der Waals surface area contributed by atoms with Crippen LogP contribution in [-0.2, 0) is 22.4 Å². The molecule has 0 N–H and O–H groups in total. The molecule has 0 spiro atoms. The van der Waals surface area contributed by atoms with Crippen molar-refractivity contribution in [1.82, 2.24) is 0 Å². The summed E-state index contributed by atoms with van der Waals surface area (Å²) in [4.78, 5) is 0. The van der Waals surface area contributed by atoms with Crippen molar-refractivity contribution in [3.8, 4) is 0 Å². The summed E-state index contributed by atoms with van der Waals surface area (Å²) in [5, 5.41) is 0. The maximum atomic E-state index is 3.87. The van der Waals surface area contributed by atoms with Crippen molar-refractivity contribution >= 4 is 17.0 Å². The molecule has 21 heavy (non-hydrogen) atoms. The van der Waals surface area contributed by atoms with Gasteiger partial charge in [0.2, 0.25) is 0 Å². The average Bonchev–Trinajstić information content (AvgIpc) is 2.31. The van der Waals surface area contributed by atoms with Crippen molar-refractivity contribution in [3.05, 3.63) is 29.2 Å². The fraction of sp³-hybridized carbons (Fsp3) is 0.789. The minimum absolute atomic E-state index is 0. The van der Waals surface area contributed by atoms with Crippen molar-refractivity contribution < 1.29 is 22.4 Å². The average molecular weight is 459 g/mol. The summed E-state index contributed by atoms with van der Waals surface area (Å²) in [6, 6.07) is 0. The van der Waals surface area contributed by atoms with Crippen LogP contribution < -0.4 is 0 Å². The topological polar surface area (TPSA) is 0 Å². The molecule has 0 unspecified atom stereocenters. The first-order chi connectivity index (χ1) is 7.91. The Kier molecular flexibility index (Phi) is 67.8. The summed E-state index contributed by atoms with van der Waals surface area (Å²) in [6.45, 7) is 6.16. The molecule has 141 valence electrons. The Bertz CT molecular complexity index is 104. The van der Waals surface area contributed by atoms with E-state index in [1.54, 1.807) is 0 Å². The SMILES string of the molecule is Br.[Ag].[CH2-]CCCCCCCCCCCCCCC.[CH3-].[CH3-].[CH3-]. The van der Waals surface area contributed by atoms with Gasteiger partial charge in [0, 0.05) is 22.4 Å². The predicted octanol–water partition coefficient (Wildman–Crippen LogP) is 8.23. The van der Waals surface area contributed by atoms with Gasteiger partial charge in [-0.1, -0.05) is 90.4 Å². The van der Waals surface area contributed by atoms with E-state index < -0.39 is 0 Å². The van der Waals surface area contributed by atoms with Crippen LogP contribution in [0.25, 0.3) is 0 Å². The van der Waals surface area contributed by atoms with E-state index in [1.165, 1.54) is 83.5 Å². The quantitative estimate of drug-likeness (QED) is 0.148. The molecule has 0 saturated carbocycles. The Morgan fingerprint density at radius 1 is 0.524 bits per heavy atom. The Hall–Kier alpha value is 1.22. The molecule has 0 aliphatic heterocycles. The molecule has 0 aliphatic rings. The molecule has 0 nitrogen and oxygen atoms in total. The molecular formula is C19H43AgBr-4. The van der Waals surface area contributed by atoms with E-state index in [2.05, 4.69) is 13.8 Å². The predicted molar refractivity (Wildman–Crippen MR) is 105 cm³/mol. The Morgan fingerprint density at radius 3 is 1.00 bits per heavy atom. The number of hydrogen-bond acceptors (Lipinski definition) is 0. The van der Waals surface area contributed by atoms with Crippen LogP contribution >= 0.6 is 17.0 Å². The molecule has 0 saturated heterocycles. The van der Waals surface area contributed by atoms with Crippen molar-refractivity contribution in [2.24, 2.45) is 0 Å². The fourth-order valence-electron chi connectivity index (χ4n) is 2.19. The number of hydrogen-bond donors (Lipinski definition) is 0. The van der Waals surface area contributed by atoms with Crippen LogP contribution in [0.3, 0.4) is 0 Å². The second-order valence-electron chi connectivity index (χ2n) is 5.10. The fourth-order valence-corrected chi connectivity index (χ4v) is 2.19. The minimum atomic E-state index is 0. The molecule has 0 aromatic carbocycles. The molecule has 0 fully saturated rings. The van der Waals surface area contributed by atoms with Gasteiger partial charge in [0.15, 0.2) is 0 Å². The summed E-state index contributed by atoms with van der Waals surface area (Å²) in [5.74, 6) is 0. The number of rotatable bonds is 13. The molecule has 0 rings (SSSR count). The van der Waals surface area contributed by atoms with Gasteiger partial charge in [0.25, 0.3) is 0 Å². The van der Waals surface area contributed by atoms with Crippen LogP contribution in [0.4, 0.5) is 0 Å². The minimum Gasteiger partial charge on any atom is -0.358 e. The van der Waals surface area contributed by atoms with Crippen molar-refractivity contribution in [3.63, 3.8) is 0 Å². The van der Waals surface area contributed by atoms with E-state index in [-0.39, 0.29) is 61.6 Å². The second kappa shape index (κ2) is 37.5. The molecule has 0 bridgehead atoms. The first kappa shape index (κ1) is 38.0. The molecule has 0 amide bonds. The van der Waals surface area contributed by atoms with E-state index >= 15 is 0 Å². The van der Waals surface area contributed by atoms with Gasteiger partial charge in [-0.3, -0.25) is 0 Å². The Labute approximate surface area is 164 Å². The normalized spacial score (nSPS) is 8.29. The smallest absolute Gasteiger partial charge is 0 e. The maximum Gasteiger partial charge on any atom is 0 e. The van der Waals surface area contributed by atoms with Crippen LogP contribution in [0.15, 0.2) is 0 Å². The monoisotopic (exact) mass is 457 g/mol. The summed E-state index contributed by atoms with van der Waals surface area (Å²) >= 11 is 0. The zero-order chi connectivity index (χ0) is 11.9. The van der Waals surface area contributed by atoms with Crippen molar-refractivity contribution in [2.45, 2.75) is 96.8 Å². The first-order valence-corrected chi connectivity index (χ1v) is 7.71. The number of halogens is 1. The van der Waals surface area contributed by atoms with Crippen LogP contribution in [-0.4, -0.2) is 0 Å². The number of unbranched alkanes of at least 4 members (excludes halogenated alkanes) is 13. The van der Waals surface area contributed by atoms with Gasteiger partial charge < -0.3 is 29.2 Å². The van der Waals surface area contributed by atoms with Gasteiger partial charge in [0.05, 0.1) is 0 Å². The third-order valence-corrected chi connectivity index (χ3v) is 3.35. The summed E-state index contributed by atoms with van der Waals surface area (Å²) in [5.41, 5.74) is 0. The molecule has 0 aliphatic carbocycles. The zero-order valence-corrected chi connectivity index (χ0v) is 18.5. The van der Waals surface area contributed by atoms with E-state index in [0.717, 1.165) is 6.42 Å². The van der Waals surface area contributed by atoms with Crippen LogP contribution in [0, 0.1) is 29.2 Å². The van der Waals surface area contributed by atoms with Gasteiger partial charge >= 0.3 is 0 Å². The summed E-state index contributed by atoms with van der Waals surface area (Å²) in [7, 11) is 0. The molecule has 0 atom stereocenters. The third-order valence-electron chi connectivity index (χ3n) is 3.35. The van der Waals surface area contributed by atoms with E-state index in [4.69, 9.17) is 0 Å². The van der Waals surface area contributed by atoms with E-state index in [0.29, 0.717) is 0 Å². The zero-order valence-electron chi connectivity index (χ0n) is 15.3. The van der Waals surface area contributed by atoms with Gasteiger partial charge in [-0.2, -0.15) is 6.42 Å². The van der Waals surface area contributed by atoms with E-state index in [9.17, 15) is 0 Å². The molecule has 2 heteroatoms. The van der Waals surface area contributed by atoms with Crippen molar-refractivity contribution in [1.29, 1.82) is 0 Å². The molecule has 0 aromatic rings. The van der Waals surface area contributed by atoms with Gasteiger partial charge in [0.1, 0.15) is 0 Å². The summed E-state index contributed by atoms with van der Waals surface area (Å²) in [6.07, 6.45) is 19.8. The maximum absolute atomic E-state index is 3.87. The molecule has 0 aromatic heterocycles. The van der Waals surface area contributed by atoms with Gasteiger partial charge in [-0.25, -0.2) is 0 Å². The Morgan fingerprint density at radius 2 is 0.762 bits per heavy atom. The molecule has 0 heterocycles. The van der Waals surface area contributed by atoms with Crippen molar-refractivity contribution in [2.75, 3.05) is 0 Å². The van der Waals surface area contributed by atoms with Crippen LogP contribution in [0.5, 0.6) is 0 Å². The van der Waals surface area contributed by atoms with Gasteiger partial charge in [-0.05, 0) is 0 Å². The summed E-state index contributed by atoms with van der Waals surface area (Å²) < 4.78 is 0.